The number of fused-ring (bicyclic) bond motifs is 2. The Bertz CT molecular complexity index is 1330. The fourth-order valence-corrected chi connectivity index (χ4v) is 3.50. The minimum Gasteiger partial charge on any atom is -0.388 e. The quantitative estimate of drug-likeness (QED) is 0.433. The number of rotatable bonds is 3. The van der Waals surface area contributed by atoms with Crippen molar-refractivity contribution >= 4 is 27.6 Å². The van der Waals surface area contributed by atoms with Gasteiger partial charge in [0.15, 0.2) is 0 Å². The summed E-state index contributed by atoms with van der Waals surface area (Å²) in [5.74, 6) is 0.471. The van der Waals surface area contributed by atoms with Gasteiger partial charge in [0.05, 0.1) is 40.4 Å². The van der Waals surface area contributed by atoms with Gasteiger partial charge in [0.25, 0.3) is 5.56 Å². The van der Waals surface area contributed by atoms with Crippen LogP contribution in [0.25, 0.3) is 33.3 Å². The predicted octanol–water partition coefficient (Wildman–Crippen LogP) is 2.65. The van der Waals surface area contributed by atoms with Gasteiger partial charge in [-0.1, -0.05) is 12.1 Å². The van der Waals surface area contributed by atoms with E-state index in [4.69, 9.17) is 0 Å². The Morgan fingerprint density at radius 3 is 2.83 bits per heavy atom. The zero-order valence-electron chi connectivity index (χ0n) is 15.4. The van der Waals surface area contributed by atoms with Crippen LogP contribution in [0.15, 0.2) is 59.7 Å². The number of imidazole rings is 1. The number of hydrazine groups is 1. The maximum absolute atomic E-state index is 13.1. The Balaban J connectivity index is 1.78. The van der Waals surface area contributed by atoms with E-state index in [-0.39, 0.29) is 5.56 Å². The molecule has 0 radical (unpaired) electrons. The van der Waals surface area contributed by atoms with Crippen LogP contribution in [0.1, 0.15) is 5.56 Å². The summed E-state index contributed by atoms with van der Waals surface area (Å²) in [6, 6.07) is 15.0. The molecule has 5 rings (SSSR count). The molecule has 3 heterocycles. The molecule has 1 aliphatic heterocycles. The van der Waals surface area contributed by atoms with Gasteiger partial charge >= 0.3 is 0 Å². The molecular weight excluding hydrogens is 366 g/mol. The molecule has 8 nitrogen and oxygen atoms in total. The molecule has 0 saturated heterocycles. The van der Waals surface area contributed by atoms with Gasteiger partial charge in [-0.3, -0.25) is 15.2 Å². The Kier molecular flexibility index (Phi) is 3.92. The number of hydrogen-bond donors (Lipinski definition) is 4. The van der Waals surface area contributed by atoms with E-state index in [1.165, 1.54) is 0 Å². The third kappa shape index (κ3) is 2.95. The second-order valence-corrected chi connectivity index (χ2v) is 6.75. The number of anilines is 1. The number of H-pyrrole nitrogens is 2. The van der Waals surface area contributed by atoms with Crippen molar-refractivity contribution in [1.29, 1.82) is 5.26 Å². The summed E-state index contributed by atoms with van der Waals surface area (Å²) in [7, 11) is 0. The predicted molar refractivity (Wildman–Crippen MR) is 112 cm³/mol. The molecule has 142 valence electrons. The zero-order chi connectivity index (χ0) is 19.8. The molecule has 0 aliphatic carbocycles. The average molecular weight is 383 g/mol. The molecule has 0 spiro atoms. The second-order valence-electron chi connectivity index (χ2n) is 6.75. The Morgan fingerprint density at radius 1 is 1.14 bits per heavy atom. The first kappa shape index (κ1) is 16.9. The Hall–Kier alpha value is -4.25. The van der Waals surface area contributed by atoms with Crippen LogP contribution < -0.4 is 16.3 Å². The van der Waals surface area contributed by atoms with Crippen molar-refractivity contribution in [3.8, 4) is 17.5 Å². The van der Waals surface area contributed by atoms with Crippen LogP contribution in [-0.4, -0.2) is 33.1 Å². The van der Waals surface area contributed by atoms with Crippen LogP contribution in [0.5, 0.6) is 0 Å². The summed E-state index contributed by atoms with van der Waals surface area (Å²) in [4.78, 5) is 23.8. The molecule has 2 aromatic carbocycles. The topological polar surface area (TPSA) is 113 Å². The van der Waals surface area contributed by atoms with Gasteiger partial charge in [0, 0.05) is 24.3 Å². The van der Waals surface area contributed by atoms with E-state index in [9.17, 15) is 10.1 Å². The molecule has 0 saturated carbocycles. The summed E-state index contributed by atoms with van der Waals surface area (Å²) in [5.41, 5.74) is 6.87. The standard InChI is InChI=1S/C21H17N7O/c22-12-13-5-6-15-14(11-13)19(27-28-9-7-23-8-10-28)18(21(29)26-15)20-24-16-3-1-2-4-17(16)25-20/h1-7,9,11,23H,8,10H2,(H,24,25)(H2,26,27,29). The normalized spacial score (nSPS) is 13.4. The summed E-state index contributed by atoms with van der Waals surface area (Å²) in [5, 5.41) is 15.1. The van der Waals surface area contributed by atoms with Crippen molar-refractivity contribution in [1.82, 2.24) is 25.3 Å². The van der Waals surface area contributed by atoms with Crippen molar-refractivity contribution in [2.45, 2.75) is 0 Å². The van der Waals surface area contributed by atoms with Crippen LogP contribution in [0, 0.1) is 11.3 Å². The van der Waals surface area contributed by atoms with E-state index in [1.54, 1.807) is 18.2 Å². The highest BCUT2D eigenvalue weighted by molar-refractivity contribution is 5.99. The minimum absolute atomic E-state index is 0.261. The molecule has 4 aromatic rings. The summed E-state index contributed by atoms with van der Waals surface area (Å²) >= 11 is 0. The van der Waals surface area contributed by atoms with Crippen LogP contribution in [-0.2, 0) is 0 Å². The lowest BCUT2D eigenvalue weighted by atomic mass is 10.1. The molecule has 0 amide bonds. The molecule has 0 unspecified atom stereocenters. The first-order chi connectivity index (χ1) is 14.2. The van der Waals surface area contributed by atoms with Crippen molar-refractivity contribution in [3.63, 3.8) is 0 Å². The number of pyridine rings is 1. The lowest BCUT2D eigenvalue weighted by Gasteiger charge is -2.27. The third-order valence-electron chi connectivity index (χ3n) is 4.89. The van der Waals surface area contributed by atoms with E-state index < -0.39 is 0 Å². The molecule has 4 N–H and O–H groups in total. The molecule has 8 heteroatoms. The number of hydrogen-bond acceptors (Lipinski definition) is 6. The maximum atomic E-state index is 13.1. The molecular formula is C21H17N7O. The molecule has 2 aromatic heterocycles. The fourth-order valence-electron chi connectivity index (χ4n) is 3.50. The first-order valence-corrected chi connectivity index (χ1v) is 9.21. The maximum Gasteiger partial charge on any atom is 0.261 e. The molecule has 29 heavy (non-hydrogen) atoms. The van der Waals surface area contributed by atoms with Crippen LogP contribution in [0.3, 0.4) is 0 Å². The molecule has 1 aliphatic rings. The second kappa shape index (κ2) is 6.73. The number of para-hydroxylation sites is 2. The number of aromatic amines is 2. The monoisotopic (exact) mass is 383 g/mol. The van der Waals surface area contributed by atoms with Gasteiger partial charge in [-0.05, 0) is 30.3 Å². The minimum atomic E-state index is -0.261. The van der Waals surface area contributed by atoms with Gasteiger partial charge in [-0.15, -0.1) is 0 Å². The van der Waals surface area contributed by atoms with Crippen molar-refractivity contribution < 1.29 is 0 Å². The lowest BCUT2D eigenvalue weighted by molar-refractivity contribution is 0.425. The molecule has 0 bridgehead atoms. The molecule has 0 fully saturated rings. The van der Waals surface area contributed by atoms with Gasteiger partial charge < -0.3 is 15.3 Å². The Morgan fingerprint density at radius 2 is 2.03 bits per heavy atom. The van der Waals surface area contributed by atoms with E-state index in [1.807, 2.05) is 41.7 Å². The fraction of sp³-hybridized carbons (Fsp3) is 0.0952. The van der Waals surface area contributed by atoms with Crippen LogP contribution in [0.2, 0.25) is 0 Å². The van der Waals surface area contributed by atoms with Gasteiger partial charge in [0.1, 0.15) is 11.4 Å². The van der Waals surface area contributed by atoms with E-state index in [2.05, 4.69) is 31.8 Å². The summed E-state index contributed by atoms with van der Waals surface area (Å²) in [6.45, 7) is 1.48. The average Bonchev–Trinajstić information content (AvgIpc) is 3.18. The zero-order valence-corrected chi connectivity index (χ0v) is 15.4. The number of nitrogens with one attached hydrogen (secondary N) is 4. The molecule has 0 atom stereocenters. The number of nitrogens with zero attached hydrogens (tertiary/aromatic N) is 3. The van der Waals surface area contributed by atoms with Crippen molar-refractivity contribution in [2.75, 3.05) is 18.5 Å². The van der Waals surface area contributed by atoms with Crippen LogP contribution in [0.4, 0.5) is 5.69 Å². The van der Waals surface area contributed by atoms with E-state index >= 15 is 0 Å². The number of aromatic nitrogens is 3. The number of benzene rings is 2. The third-order valence-corrected chi connectivity index (χ3v) is 4.89. The van der Waals surface area contributed by atoms with E-state index in [0.717, 1.165) is 23.0 Å². The summed E-state index contributed by atoms with van der Waals surface area (Å²) in [6.07, 6.45) is 3.71. The van der Waals surface area contributed by atoms with Crippen molar-refractivity contribution in [2.24, 2.45) is 0 Å². The number of nitriles is 1. The SMILES string of the molecule is N#Cc1ccc2[nH]c(=O)c(-c3nc4ccccc4[nH]3)c(NN3C=CNCC3)c2c1. The highest BCUT2D eigenvalue weighted by atomic mass is 16.1. The van der Waals surface area contributed by atoms with Crippen LogP contribution >= 0.6 is 0 Å². The van der Waals surface area contributed by atoms with Gasteiger partial charge in [-0.2, -0.15) is 5.26 Å². The summed E-state index contributed by atoms with van der Waals surface area (Å²) < 4.78 is 0. The van der Waals surface area contributed by atoms with Crippen molar-refractivity contribution in [3.05, 3.63) is 70.8 Å². The lowest BCUT2D eigenvalue weighted by Crippen LogP contribution is -2.35. The first-order valence-electron chi connectivity index (χ1n) is 9.21. The largest absolute Gasteiger partial charge is 0.388 e. The highest BCUT2D eigenvalue weighted by Crippen LogP contribution is 2.32. The Labute approximate surface area is 165 Å². The van der Waals surface area contributed by atoms with Gasteiger partial charge in [-0.25, -0.2) is 4.98 Å². The highest BCUT2D eigenvalue weighted by Gasteiger charge is 2.20. The van der Waals surface area contributed by atoms with Gasteiger partial charge in [0.2, 0.25) is 0 Å². The van der Waals surface area contributed by atoms with E-state index in [0.29, 0.717) is 34.7 Å². The smallest absolute Gasteiger partial charge is 0.261 e.